The second kappa shape index (κ2) is 7.68. The highest BCUT2D eigenvalue weighted by Gasteiger charge is 2.16. The molecule has 1 unspecified atom stereocenters. The lowest BCUT2D eigenvalue weighted by atomic mass is 9.96. The Morgan fingerprint density at radius 3 is 2.55 bits per heavy atom. The maximum absolute atomic E-state index is 6.09. The van der Waals surface area contributed by atoms with Gasteiger partial charge in [0.1, 0.15) is 0 Å². The first-order valence-corrected chi connectivity index (χ1v) is 8.35. The van der Waals surface area contributed by atoms with Crippen LogP contribution in [0.15, 0.2) is 24.3 Å². The van der Waals surface area contributed by atoms with Crippen molar-refractivity contribution >= 4 is 5.69 Å². The molecule has 1 aromatic carbocycles. The predicted octanol–water partition coefficient (Wildman–Crippen LogP) is 4.50. The zero-order valence-corrected chi connectivity index (χ0v) is 13.1. The van der Waals surface area contributed by atoms with Gasteiger partial charge in [-0.15, -0.1) is 0 Å². The van der Waals surface area contributed by atoms with Crippen LogP contribution in [0.4, 0.5) is 5.69 Å². The average Bonchev–Trinajstić information content (AvgIpc) is 2.73. The summed E-state index contributed by atoms with van der Waals surface area (Å²) in [6, 6.07) is 9.10. The SMILES string of the molecule is CCCC1CCCN(c2ccc([C@@H](N)CC)cc2)CC1. The van der Waals surface area contributed by atoms with Gasteiger partial charge in [-0.2, -0.15) is 0 Å². The molecular formula is C18H30N2. The molecule has 1 fully saturated rings. The Hall–Kier alpha value is -1.02. The van der Waals surface area contributed by atoms with Crippen molar-refractivity contribution in [3.05, 3.63) is 29.8 Å². The van der Waals surface area contributed by atoms with E-state index in [9.17, 15) is 0 Å². The van der Waals surface area contributed by atoms with E-state index >= 15 is 0 Å². The van der Waals surface area contributed by atoms with Gasteiger partial charge in [-0.05, 0) is 49.3 Å². The summed E-state index contributed by atoms with van der Waals surface area (Å²) in [5, 5.41) is 0. The summed E-state index contributed by atoms with van der Waals surface area (Å²) in [4.78, 5) is 2.55. The van der Waals surface area contributed by atoms with Gasteiger partial charge in [0.25, 0.3) is 0 Å². The van der Waals surface area contributed by atoms with Crippen molar-refractivity contribution in [1.29, 1.82) is 0 Å². The van der Waals surface area contributed by atoms with Crippen molar-refractivity contribution in [1.82, 2.24) is 0 Å². The summed E-state index contributed by atoms with van der Waals surface area (Å²) in [7, 11) is 0. The van der Waals surface area contributed by atoms with Crippen molar-refractivity contribution < 1.29 is 0 Å². The number of anilines is 1. The van der Waals surface area contributed by atoms with Gasteiger partial charge in [0.2, 0.25) is 0 Å². The quantitative estimate of drug-likeness (QED) is 0.856. The van der Waals surface area contributed by atoms with Gasteiger partial charge < -0.3 is 10.6 Å². The van der Waals surface area contributed by atoms with Crippen LogP contribution in [0.25, 0.3) is 0 Å². The van der Waals surface area contributed by atoms with Crippen LogP contribution in [0.1, 0.15) is 64.0 Å². The van der Waals surface area contributed by atoms with E-state index in [4.69, 9.17) is 5.73 Å². The van der Waals surface area contributed by atoms with Crippen molar-refractivity contribution in [2.75, 3.05) is 18.0 Å². The maximum atomic E-state index is 6.09. The lowest BCUT2D eigenvalue weighted by Crippen LogP contribution is -2.24. The molecular weight excluding hydrogens is 244 g/mol. The third-order valence-electron chi connectivity index (χ3n) is 4.67. The summed E-state index contributed by atoms with van der Waals surface area (Å²) in [6.07, 6.45) is 7.82. The molecule has 0 spiro atoms. The fourth-order valence-corrected chi connectivity index (χ4v) is 3.29. The fourth-order valence-electron chi connectivity index (χ4n) is 3.29. The van der Waals surface area contributed by atoms with E-state index in [1.807, 2.05) is 0 Å². The molecule has 0 bridgehead atoms. The predicted molar refractivity (Wildman–Crippen MR) is 88.1 cm³/mol. The number of benzene rings is 1. The summed E-state index contributed by atoms with van der Waals surface area (Å²) in [6.45, 7) is 6.86. The van der Waals surface area contributed by atoms with Crippen LogP contribution in [0.2, 0.25) is 0 Å². The van der Waals surface area contributed by atoms with E-state index in [-0.39, 0.29) is 6.04 Å². The minimum absolute atomic E-state index is 0.183. The Kier molecular flexibility index (Phi) is 5.90. The molecule has 1 aliphatic rings. The van der Waals surface area contributed by atoms with Crippen LogP contribution in [-0.4, -0.2) is 13.1 Å². The maximum Gasteiger partial charge on any atom is 0.0366 e. The van der Waals surface area contributed by atoms with Gasteiger partial charge in [-0.25, -0.2) is 0 Å². The Balaban J connectivity index is 1.97. The van der Waals surface area contributed by atoms with Crippen molar-refractivity contribution in [3.63, 3.8) is 0 Å². The summed E-state index contributed by atoms with van der Waals surface area (Å²) in [5.74, 6) is 0.942. The molecule has 2 nitrogen and oxygen atoms in total. The molecule has 112 valence electrons. The van der Waals surface area contributed by atoms with E-state index in [1.165, 1.54) is 56.4 Å². The topological polar surface area (TPSA) is 29.3 Å². The monoisotopic (exact) mass is 274 g/mol. The molecule has 1 heterocycles. The Bertz CT molecular complexity index is 385. The van der Waals surface area contributed by atoms with Gasteiger partial charge in [0.15, 0.2) is 0 Å². The first-order valence-electron chi connectivity index (χ1n) is 8.35. The standard InChI is InChI=1S/C18H30N2/c1-3-6-15-7-5-13-20(14-12-15)17-10-8-16(9-11-17)18(19)4-2/h8-11,15,18H,3-7,12-14,19H2,1-2H3/t15?,18-/m0/s1. The molecule has 0 aromatic heterocycles. The highest BCUT2D eigenvalue weighted by atomic mass is 15.1. The summed E-state index contributed by atoms with van der Waals surface area (Å²) >= 11 is 0. The number of nitrogens with two attached hydrogens (primary N) is 1. The van der Waals surface area contributed by atoms with Crippen molar-refractivity contribution in [2.24, 2.45) is 11.7 Å². The molecule has 0 saturated carbocycles. The summed E-state index contributed by atoms with van der Waals surface area (Å²) in [5.41, 5.74) is 8.71. The van der Waals surface area contributed by atoms with Crippen LogP contribution in [0, 0.1) is 5.92 Å². The van der Waals surface area contributed by atoms with Crippen LogP contribution in [0.5, 0.6) is 0 Å². The van der Waals surface area contributed by atoms with Gasteiger partial charge in [-0.3, -0.25) is 0 Å². The van der Waals surface area contributed by atoms with E-state index in [0.29, 0.717) is 0 Å². The molecule has 1 saturated heterocycles. The Labute approximate surface area is 124 Å². The number of nitrogens with zero attached hydrogens (tertiary/aromatic N) is 1. The molecule has 2 atom stereocenters. The van der Waals surface area contributed by atoms with E-state index < -0.39 is 0 Å². The number of hydrogen-bond acceptors (Lipinski definition) is 2. The highest BCUT2D eigenvalue weighted by Crippen LogP contribution is 2.26. The number of hydrogen-bond donors (Lipinski definition) is 1. The Morgan fingerprint density at radius 1 is 1.15 bits per heavy atom. The van der Waals surface area contributed by atoms with Gasteiger partial charge in [0, 0.05) is 24.8 Å². The van der Waals surface area contributed by atoms with Gasteiger partial charge in [-0.1, -0.05) is 38.8 Å². The van der Waals surface area contributed by atoms with E-state index in [1.54, 1.807) is 0 Å². The van der Waals surface area contributed by atoms with Crippen LogP contribution in [-0.2, 0) is 0 Å². The molecule has 1 aromatic rings. The fraction of sp³-hybridized carbons (Fsp3) is 0.667. The average molecular weight is 274 g/mol. The van der Waals surface area contributed by atoms with Gasteiger partial charge >= 0.3 is 0 Å². The van der Waals surface area contributed by atoms with E-state index in [2.05, 4.69) is 43.0 Å². The van der Waals surface area contributed by atoms with Crippen LogP contribution < -0.4 is 10.6 Å². The molecule has 2 rings (SSSR count). The second-order valence-corrected chi connectivity index (χ2v) is 6.18. The van der Waals surface area contributed by atoms with Crippen molar-refractivity contribution in [2.45, 2.75) is 58.4 Å². The molecule has 20 heavy (non-hydrogen) atoms. The minimum Gasteiger partial charge on any atom is -0.372 e. The summed E-state index contributed by atoms with van der Waals surface area (Å²) < 4.78 is 0. The van der Waals surface area contributed by atoms with Crippen molar-refractivity contribution in [3.8, 4) is 0 Å². The normalized spacial score (nSPS) is 21.6. The molecule has 1 aliphatic heterocycles. The lowest BCUT2D eigenvalue weighted by Gasteiger charge is -2.23. The molecule has 2 heteroatoms. The van der Waals surface area contributed by atoms with Crippen LogP contribution in [0.3, 0.4) is 0 Å². The first-order chi connectivity index (χ1) is 9.74. The third kappa shape index (κ3) is 3.99. The zero-order valence-electron chi connectivity index (χ0n) is 13.1. The number of rotatable bonds is 5. The molecule has 0 radical (unpaired) electrons. The Morgan fingerprint density at radius 2 is 1.90 bits per heavy atom. The highest BCUT2D eigenvalue weighted by molar-refractivity contribution is 5.48. The third-order valence-corrected chi connectivity index (χ3v) is 4.67. The molecule has 0 amide bonds. The lowest BCUT2D eigenvalue weighted by molar-refractivity contribution is 0.435. The van der Waals surface area contributed by atoms with E-state index in [0.717, 1.165) is 12.3 Å². The van der Waals surface area contributed by atoms with Crippen LogP contribution >= 0.6 is 0 Å². The molecule has 0 aliphatic carbocycles. The largest absolute Gasteiger partial charge is 0.372 e. The zero-order chi connectivity index (χ0) is 14.4. The minimum atomic E-state index is 0.183. The molecule has 2 N–H and O–H groups in total. The first kappa shape index (κ1) is 15.4. The smallest absolute Gasteiger partial charge is 0.0366 e. The van der Waals surface area contributed by atoms with Gasteiger partial charge in [0.05, 0.1) is 0 Å². The second-order valence-electron chi connectivity index (χ2n) is 6.18.